The molecule has 8 heteroatoms. The molecule has 8 nitrogen and oxygen atoms in total. The van der Waals surface area contributed by atoms with E-state index in [1.807, 2.05) is 62.4 Å². The predicted molar refractivity (Wildman–Crippen MR) is 241 cm³/mol. The molecule has 0 aromatic heterocycles. The van der Waals surface area contributed by atoms with Crippen molar-refractivity contribution in [3.05, 3.63) is 105 Å². The van der Waals surface area contributed by atoms with E-state index in [-0.39, 0.29) is 58.0 Å². The van der Waals surface area contributed by atoms with Gasteiger partial charge in [-0.05, 0) is 96.9 Å². The maximum atomic E-state index is 11.5. The average molecular weight is 783 g/mol. The number of phenols is 4. The Hall–Kier alpha value is -5.24. The van der Waals surface area contributed by atoms with Crippen LogP contribution in [0.1, 0.15) is 137 Å². The summed E-state index contributed by atoms with van der Waals surface area (Å²) < 4.78 is 0. The van der Waals surface area contributed by atoms with E-state index in [9.17, 15) is 20.4 Å². The van der Waals surface area contributed by atoms with E-state index in [1.54, 1.807) is 37.0 Å². The van der Waals surface area contributed by atoms with E-state index < -0.39 is 0 Å². The van der Waals surface area contributed by atoms with Crippen molar-refractivity contribution in [2.45, 2.75) is 142 Å². The Morgan fingerprint density at radius 3 is 1.07 bits per heavy atom. The fourth-order valence-corrected chi connectivity index (χ4v) is 8.03. The van der Waals surface area contributed by atoms with E-state index >= 15 is 0 Å². The molecule has 306 valence electrons. The third-order valence-corrected chi connectivity index (χ3v) is 11.8. The number of hydrogen-bond donors (Lipinski definition) is 4. The minimum atomic E-state index is -0.0635. The number of phenolic OH excluding ortho intramolecular Hbond substituents is 4. The summed E-state index contributed by atoms with van der Waals surface area (Å²) in [6, 6.07) is 18.9. The van der Waals surface area contributed by atoms with Crippen LogP contribution in [0.25, 0.3) is 11.1 Å². The molecule has 0 amide bonds. The first kappa shape index (κ1) is 42.4. The van der Waals surface area contributed by atoms with Crippen molar-refractivity contribution >= 4 is 24.9 Å². The molecule has 0 radical (unpaired) electrons. The molecule has 0 bridgehead atoms. The summed E-state index contributed by atoms with van der Waals surface area (Å²) in [5, 5.41) is 44.8. The molecule has 4 atom stereocenters. The van der Waals surface area contributed by atoms with Gasteiger partial charge < -0.3 is 20.4 Å². The quantitative estimate of drug-likeness (QED) is 0.126. The molecule has 0 heterocycles. The monoisotopic (exact) mass is 782 g/mol. The molecule has 0 aliphatic heterocycles. The molecule has 0 saturated heterocycles. The highest BCUT2D eigenvalue weighted by Crippen LogP contribution is 2.39. The molecule has 4 aromatic rings. The van der Waals surface area contributed by atoms with Crippen LogP contribution in [-0.2, 0) is 10.8 Å². The molecule has 0 unspecified atom stereocenters. The van der Waals surface area contributed by atoms with E-state index in [0.717, 1.165) is 84.7 Å². The number of aliphatic imine (C=N–C) groups is 4. The van der Waals surface area contributed by atoms with Crippen LogP contribution < -0.4 is 0 Å². The van der Waals surface area contributed by atoms with Gasteiger partial charge in [0.2, 0.25) is 0 Å². The molecular formula is C50H62N4O4. The van der Waals surface area contributed by atoms with Crippen molar-refractivity contribution in [1.82, 2.24) is 0 Å². The summed E-state index contributed by atoms with van der Waals surface area (Å²) >= 11 is 0. The second-order valence-electron chi connectivity index (χ2n) is 18.4. The van der Waals surface area contributed by atoms with Gasteiger partial charge in [-0.3, -0.25) is 20.0 Å². The summed E-state index contributed by atoms with van der Waals surface area (Å²) in [6.45, 7) is 16.8. The molecule has 2 saturated carbocycles. The summed E-state index contributed by atoms with van der Waals surface area (Å²) in [5.41, 5.74) is 7.44. The molecule has 6 rings (SSSR count). The lowest BCUT2D eigenvalue weighted by atomic mass is 9.85. The minimum Gasteiger partial charge on any atom is -0.507 e. The van der Waals surface area contributed by atoms with Crippen LogP contribution in [0.15, 0.2) is 80.6 Å². The van der Waals surface area contributed by atoms with Crippen molar-refractivity contribution in [2.24, 2.45) is 20.0 Å². The van der Waals surface area contributed by atoms with Gasteiger partial charge in [0.15, 0.2) is 0 Å². The molecular weight excluding hydrogens is 721 g/mol. The van der Waals surface area contributed by atoms with Crippen LogP contribution in [-0.4, -0.2) is 69.5 Å². The average Bonchev–Trinajstić information content (AvgIpc) is 3.18. The number of para-hydroxylation sites is 2. The Balaban J connectivity index is 1.20. The van der Waals surface area contributed by atoms with Crippen LogP contribution in [0, 0.1) is 13.8 Å². The summed E-state index contributed by atoms with van der Waals surface area (Å²) in [6.07, 6.45) is 14.8. The van der Waals surface area contributed by atoms with Crippen LogP contribution in [0.4, 0.5) is 0 Å². The van der Waals surface area contributed by atoms with Gasteiger partial charge in [0.25, 0.3) is 0 Å². The second-order valence-corrected chi connectivity index (χ2v) is 18.4. The van der Waals surface area contributed by atoms with Gasteiger partial charge in [-0.15, -0.1) is 0 Å². The summed E-state index contributed by atoms with van der Waals surface area (Å²) in [7, 11) is 0. The highest BCUT2D eigenvalue weighted by Gasteiger charge is 2.26. The number of rotatable bonds is 9. The second kappa shape index (κ2) is 17.7. The minimum absolute atomic E-state index is 0.0428. The largest absolute Gasteiger partial charge is 0.507 e. The van der Waals surface area contributed by atoms with E-state index in [1.165, 1.54) is 0 Å². The van der Waals surface area contributed by atoms with Crippen molar-refractivity contribution in [2.75, 3.05) is 0 Å². The van der Waals surface area contributed by atoms with E-state index in [4.69, 9.17) is 20.0 Å². The number of hydrogen-bond acceptors (Lipinski definition) is 8. The van der Waals surface area contributed by atoms with Crippen molar-refractivity contribution in [3.63, 3.8) is 0 Å². The van der Waals surface area contributed by atoms with Crippen molar-refractivity contribution < 1.29 is 20.4 Å². The van der Waals surface area contributed by atoms with Crippen LogP contribution >= 0.6 is 0 Å². The lowest BCUT2D eigenvalue weighted by molar-refractivity contribution is 0.390. The molecule has 2 aliphatic carbocycles. The molecule has 58 heavy (non-hydrogen) atoms. The number of aromatic hydroxyl groups is 4. The standard InChI is InChI=1S/C50H62N4O4/c1-31-23-37(49(3,4)5)25-35(45(31)55)29-53-43-21-11-9-19-41(43)51-27-33-15-13-17-39(47(33)57)40-18-14-16-34(48(40)58)28-52-42-20-10-12-22-44(42)54-30-36-26-38(50(6,7)8)24-32(2)46(36)56/h13-18,23-30,41-44,55-58H,9-12,19-22H2,1-8H3/t41-,42-,43-,44-/m0/s1. The van der Waals surface area contributed by atoms with Gasteiger partial charge >= 0.3 is 0 Å². The van der Waals surface area contributed by atoms with Gasteiger partial charge in [0.1, 0.15) is 23.0 Å². The highest BCUT2D eigenvalue weighted by atomic mass is 16.3. The Labute approximate surface area is 345 Å². The number of benzene rings is 4. The normalized spacial score (nSPS) is 20.9. The lowest BCUT2D eigenvalue weighted by Crippen LogP contribution is -2.27. The maximum Gasteiger partial charge on any atom is 0.132 e. The zero-order chi connectivity index (χ0) is 41.8. The lowest BCUT2D eigenvalue weighted by Gasteiger charge is -2.26. The van der Waals surface area contributed by atoms with Gasteiger partial charge in [-0.2, -0.15) is 0 Å². The first-order valence-electron chi connectivity index (χ1n) is 21.0. The van der Waals surface area contributed by atoms with E-state index in [0.29, 0.717) is 22.3 Å². The first-order valence-corrected chi connectivity index (χ1v) is 21.0. The summed E-state index contributed by atoms with van der Waals surface area (Å²) in [5.74, 6) is 0.597. The Kier molecular flexibility index (Phi) is 12.9. The smallest absolute Gasteiger partial charge is 0.132 e. The topological polar surface area (TPSA) is 130 Å². The van der Waals surface area contributed by atoms with E-state index in [2.05, 4.69) is 41.5 Å². The molecule has 2 aliphatic rings. The number of aryl methyl sites for hydroxylation is 2. The van der Waals surface area contributed by atoms with Gasteiger partial charge in [-0.1, -0.05) is 104 Å². The Morgan fingerprint density at radius 2 is 0.759 bits per heavy atom. The van der Waals surface area contributed by atoms with Crippen LogP contribution in [0.3, 0.4) is 0 Å². The fraction of sp³-hybridized carbons (Fsp3) is 0.440. The Morgan fingerprint density at radius 1 is 0.448 bits per heavy atom. The third-order valence-electron chi connectivity index (χ3n) is 11.8. The number of nitrogens with zero attached hydrogens (tertiary/aromatic N) is 4. The predicted octanol–water partition coefficient (Wildman–Crippen LogP) is 11.1. The SMILES string of the molecule is Cc1cc(C(C)(C)C)cc(C=N[C@H]2CCCC[C@@H]2N=Cc2cccc(-c3cccc(C=N[C@H]4CCCC[C@@H]4N=Cc4cc(C(C)(C)C)cc(C)c4O)c3O)c2O)c1O. The zero-order valence-corrected chi connectivity index (χ0v) is 35.6. The molecule has 0 spiro atoms. The maximum absolute atomic E-state index is 11.5. The van der Waals surface area contributed by atoms with Crippen LogP contribution in [0.2, 0.25) is 0 Å². The van der Waals surface area contributed by atoms with Gasteiger partial charge in [0.05, 0.1) is 24.2 Å². The summed E-state index contributed by atoms with van der Waals surface area (Å²) in [4.78, 5) is 19.8. The van der Waals surface area contributed by atoms with Gasteiger partial charge in [0, 0.05) is 58.2 Å². The Bertz CT molecular complexity index is 2070. The molecule has 4 N–H and O–H groups in total. The van der Waals surface area contributed by atoms with Crippen molar-refractivity contribution in [1.29, 1.82) is 0 Å². The van der Waals surface area contributed by atoms with Crippen molar-refractivity contribution in [3.8, 4) is 34.1 Å². The highest BCUT2D eigenvalue weighted by molar-refractivity contribution is 5.93. The molecule has 4 aromatic carbocycles. The zero-order valence-electron chi connectivity index (χ0n) is 35.6. The first-order chi connectivity index (χ1) is 27.5. The molecule has 2 fully saturated rings. The third kappa shape index (κ3) is 9.88. The van der Waals surface area contributed by atoms with Gasteiger partial charge in [-0.25, -0.2) is 0 Å². The fourth-order valence-electron chi connectivity index (χ4n) is 8.03. The van der Waals surface area contributed by atoms with Crippen LogP contribution in [0.5, 0.6) is 23.0 Å².